The van der Waals surface area contributed by atoms with Crippen molar-refractivity contribution in [2.24, 2.45) is 0 Å². The number of fused-ring (bicyclic) bond motifs is 3. The molecule has 0 amide bonds. The Morgan fingerprint density at radius 1 is 0.917 bits per heavy atom. The Morgan fingerprint density at radius 2 is 1.75 bits per heavy atom. The van der Waals surface area contributed by atoms with Crippen LogP contribution in [0.2, 0.25) is 0 Å². The Hall–Kier alpha value is -2.80. The molecule has 0 fully saturated rings. The molecule has 1 aromatic heterocycles. The number of rotatable bonds is 2. The number of para-hydroxylation sites is 1. The maximum Gasteiger partial charge on any atom is 0.0537 e. The highest BCUT2D eigenvalue weighted by Gasteiger charge is 2.18. The average Bonchev–Trinajstić information content (AvgIpc) is 3.31. The van der Waals surface area contributed by atoms with Crippen LogP contribution in [0.3, 0.4) is 0 Å². The van der Waals surface area contributed by atoms with Gasteiger partial charge in [0.2, 0.25) is 0 Å². The van der Waals surface area contributed by atoms with E-state index in [4.69, 9.17) is 0 Å². The first-order valence-electron chi connectivity index (χ1n) is 8.57. The van der Waals surface area contributed by atoms with Crippen molar-refractivity contribution in [1.29, 1.82) is 0 Å². The molecule has 1 heterocycles. The van der Waals surface area contributed by atoms with E-state index in [0.29, 0.717) is 0 Å². The SMILES string of the molecule is CC1=CC=C(c2ccc(-n3c4c(c5ccccc53)CC=C4)cc2)C1. The van der Waals surface area contributed by atoms with Gasteiger partial charge in [-0.2, -0.15) is 0 Å². The summed E-state index contributed by atoms with van der Waals surface area (Å²) < 4.78 is 2.39. The molecule has 1 heteroatoms. The monoisotopic (exact) mass is 309 g/mol. The molecule has 1 nitrogen and oxygen atoms in total. The molecule has 0 spiro atoms. The van der Waals surface area contributed by atoms with E-state index in [0.717, 1.165) is 12.8 Å². The van der Waals surface area contributed by atoms with E-state index in [1.807, 2.05) is 0 Å². The van der Waals surface area contributed by atoms with Gasteiger partial charge in [0.05, 0.1) is 11.2 Å². The summed E-state index contributed by atoms with van der Waals surface area (Å²) in [6, 6.07) is 17.7. The van der Waals surface area contributed by atoms with Crippen LogP contribution >= 0.6 is 0 Å². The van der Waals surface area contributed by atoms with Crippen molar-refractivity contribution in [3.05, 3.63) is 89.2 Å². The van der Waals surface area contributed by atoms with Crippen LogP contribution in [-0.4, -0.2) is 4.57 Å². The highest BCUT2D eigenvalue weighted by Crippen LogP contribution is 2.35. The fourth-order valence-corrected chi connectivity index (χ4v) is 3.97. The van der Waals surface area contributed by atoms with Gasteiger partial charge < -0.3 is 4.57 Å². The normalized spacial score (nSPS) is 15.7. The number of hydrogen-bond donors (Lipinski definition) is 0. The maximum atomic E-state index is 2.39. The standard InChI is InChI=1S/C23H19N/c1-16-9-10-18(15-16)17-11-13-19(14-12-17)24-22-7-3-2-5-20(22)21-6-4-8-23(21)24/h2-5,7-14H,6,15H2,1H3. The maximum absolute atomic E-state index is 2.39. The van der Waals surface area contributed by atoms with E-state index in [1.165, 1.54) is 44.6 Å². The third-order valence-corrected chi connectivity index (χ3v) is 5.15. The molecule has 0 saturated heterocycles. The number of benzene rings is 2. The Kier molecular flexibility index (Phi) is 2.90. The minimum Gasteiger partial charge on any atom is -0.310 e. The molecular weight excluding hydrogens is 290 g/mol. The lowest BCUT2D eigenvalue weighted by Crippen LogP contribution is -1.96. The molecule has 3 aromatic rings. The molecule has 2 aliphatic rings. The summed E-state index contributed by atoms with van der Waals surface area (Å²) >= 11 is 0. The minimum absolute atomic E-state index is 1.04. The van der Waals surface area contributed by atoms with E-state index in [-0.39, 0.29) is 0 Å². The molecule has 2 aliphatic carbocycles. The third kappa shape index (κ3) is 1.94. The van der Waals surface area contributed by atoms with E-state index < -0.39 is 0 Å². The van der Waals surface area contributed by atoms with Gasteiger partial charge in [-0.25, -0.2) is 0 Å². The van der Waals surface area contributed by atoms with Gasteiger partial charge in [0.15, 0.2) is 0 Å². The van der Waals surface area contributed by atoms with Crippen LogP contribution in [0.25, 0.3) is 28.2 Å². The predicted octanol–water partition coefficient (Wildman–Crippen LogP) is 5.93. The van der Waals surface area contributed by atoms with Gasteiger partial charge in [0.25, 0.3) is 0 Å². The topological polar surface area (TPSA) is 4.93 Å². The van der Waals surface area contributed by atoms with Crippen molar-refractivity contribution in [3.63, 3.8) is 0 Å². The van der Waals surface area contributed by atoms with Crippen molar-refractivity contribution >= 4 is 22.6 Å². The summed E-state index contributed by atoms with van der Waals surface area (Å²) in [5.41, 5.74) is 9.52. The largest absolute Gasteiger partial charge is 0.310 e. The summed E-state index contributed by atoms with van der Waals surface area (Å²) in [6.45, 7) is 2.19. The fraction of sp³-hybridized carbons (Fsp3) is 0.130. The van der Waals surface area contributed by atoms with Gasteiger partial charge in [-0.15, -0.1) is 0 Å². The average molecular weight is 309 g/mol. The predicted molar refractivity (Wildman–Crippen MR) is 102 cm³/mol. The van der Waals surface area contributed by atoms with Crippen LogP contribution in [-0.2, 0) is 6.42 Å². The van der Waals surface area contributed by atoms with E-state index in [2.05, 4.69) is 84.3 Å². The van der Waals surface area contributed by atoms with Crippen LogP contribution in [0.1, 0.15) is 30.2 Å². The van der Waals surface area contributed by atoms with Gasteiger partial charge >= 0.3 is 0 Å². The Morgan fingerprint density at radius 3 is 2.54 bits per heavy atom. The van der Waals surface area contributed by atoms with Crippen molar-refractivity contribution in [3.8, 4) is 5.69 Å². The van der Waals surface area contributed by atoms with Crippen LogP contribution in [0.4, 0.5) is 0 Å². The quantitative estimate of drug-likeness (QED) is 0.552. The summed E-state index contributed by atoms with van der Waals surface area (Å²) in [5.74, 6) is 0. The second-order valence-corrected chi connectivity index (χ2v) is 6.75. The molecule has 0 atom stereocenters. The first kappa shape index (κ1) is 13.6. The van der Waals surface area contributed by atoms with E-state index in [1.54, 1.807) is 0 Å². The Labute approximate surface area is 142 Å². The van der Waals surface area contributed by atoms with Gasteiger partial charge in [-0.1, -0.05) is 54.1 Å². The Bertz CT molecular complexity index is 1040. The molecule has 2 aromatic carbocycles. The van der Waals surface area contributed by atoms with Gasteiger partial charge in [0, 0.05) is 11.1 Å². The smallest absolute Gasteiger partial charge is 0.0537 e. The molecule has 0 N–H and O–H groups in total. The van der Waals surface area contributed by atoms with Gasteiger partial charge in [-0.05, 0) is 60.7 Å². The number of hydrogen-bond acceptors (Lipinski definition) is 0. The fourth-order valence-electron chi connectivity index (χ4n) is 3.97. The van der Waals surface area contributed by atoms with Gasteiger partial charge in [0.1, 0.15) is 0 Å². The minimum atomic E-state index is 1.04. The first-order chi connectivity index (χ1) is 11.8. The Balaban J connectivity index is 1.63. The summed E-state index contributed by atoms with van der Waals surface area (Å²) in [5, 5.41) is 1.37. The second-order valence-electron chi connectivity index (χ2n) is 6.75. The highest BCUT2D eigenvalue weighted by atomic mass is 15.0. The van der Waals surface area contributed by atoms with Crippen LogP contribution < -0.4 is 0 Å². The summed E-state index contributed by atoms with van der Waals surface area (Å²) in [6.07, 6.45) is 11.1. The van der Waals surface area contributed by atoms with Crippen molar-refractivity contribution in [1.82, 2.24) is 4.57 Å². The van der Waals surface area contributed by atoms with Crippen LogP contribution in [0, 0.1) is 0 Å². The zero-order valence-corrected chi connectivity index (χ0v) is 13.8. The lowest BCUT2D eigenvalue weighted by Gasteiger charge is -2.10. The van der Waals surface area contributed by atoms with E-state index in [9.17, 15) is 0 Å². The number of aromatic nitrogens is 1. The number of nitrogens with zero attached hydrogens (tertiary/aromatic N) is 1. The molecule has 0 bridgehead atoms. The second kappa shape index (κ2) is 5.10. The van der Waals surface area contributed by atoms with E-state index >= 15 is 0 Å². The lowest BCUT2D eigenvalue weighted by atomic mass is 10.0. The van der Waals surface area contributed by atoms with Crippen molar-refractivity contribution < 1.29 is 0 Å². The van der Waals surface area contributed by atoms with Crippen molar-refractivity contribution in [2.75, 3.05) is 0 Å². The summed E-state index contributed by atoms with van der Waals surface area (Å²) in [7, 11) is 0. The molecule has 24 heavy (non-hydrogen) atoms. The molecule has 0 aliphatic heterocycles. The highest BCUT2D eigenvalue weighted by molar-refractivity contribution is 5.91. The zero-order chi connectivity index (χ0) is 16.1. The molecule has 0 radical (unpaired) electrons. The third-order valence-electron chi connectivity index (χ3n) is 5.15. The number of allylic oxidation sites excluding steroid dienone is 5. The zero-order valence-electron chi connectivity index (χ0n) is 13.8. The molecule has 116 valence electrons. The summed E-state index contributed by atoms with van der Waals surface area (Å²) in [4.78, 5) is 0. The molecule has 5 rings (SSSR count). The molecule has 0 unspecified atom stereocenters. The van der Waals surface area contributed by atoms with Crippen LogP contribution in [0.5, 0.6) is 0 Å². The molecular formula is C23H19N. The van der Waals surface area contributed by atoms with Crippen LogP contribution in [0.15, 0.2) is 72.3 Å². The molecule has 0 saturated carbocycles. The van der Waals surface area contributed by atoms with Crippen molar-refractivity contribution in [2.45, 2.75) is 19.8 Å². The first-order valence-corrected chi connectivity index (χ1v) is 8.57. The van der Waals surface area contributed by atoms with Gasteiger partial charge in [-0.3, -0.25) is 0 Å². The lowest BCUT2D eigenvalue weighted by molar-refractivity contribution is 1.10.